The predicted molar refractivity (Wildman–Crippen MR) is 47.3 cm³/mol. The lowest BCUT2D eigenvalue weighted by molar-refractivity contribution is 0.175. The van der Waals surface area contributed by atoms with Crippen LogP contribution in [0.5, 0.6) is 0 Å². The Morgan fingerprint density at radius 3 is 2.45 bits per heavy atom. The number of allylic oxidation sites excluding steroid dienone is 1. The van der Waals surface area contributed by atoms with Gasteiger partial charge in [-0.25, -0.2) is 0 Å². The first kappa shape index (κ1) is 8.79. The number of rotatable bonds is 3. The molecular weight excluding hydrogens is 136 g/mol. The van der Waals surface area contributed by atoms with Crippen molar-refractivity contribution in [2.24, 2.45) is 16.7 Å². The third-order valence-electron chi connectivity index (χ3n) is 3.72. The fraction of sp³-hybridized carbons (Fsp3) is 0.800. The highest BCUT2D eigenvalue weighted by Crippen LogP contribution is 2.67. The zero-order valence-corrected chi connectivity index (χ0v) is 7.72. The van der Waals surface area contributed by atoms with Gasteiger partial charge in [-0.3, -0.25) is 0 Å². The van der Waals surface area contributed by atoms with Crippen LogP contribution in [-0.4, -0.2) is 11.7 Å². The summed E-state index contributed by atoms with van der Waals surface area (Å²) >= 11 is 0. The Hall–Kier alpha value is -0.300. The molecule has 1 aliphatic rings. The van der Waals surface area contributed by atoms with Crippen LogP contribution in [0.15, 0.2) is 12.7 Å². The highest BCUT2D eigenvalue weighted by molar-refractivity contribution is 5.14. The van der Waals surface area contributed by atoms with Gasteiger partial charge < -0.3 is 5.11 Å². The van der Waals surface area contributed by atoms with E-state index in [-0.39, 0.29) is 5.41 Å². The quantitative estimate of drug-likeness (QED) is 0.618. The molecule has 3 atom stereocenters. The SMILES string of the molecule is C=CC(C)[C@@]1(C)C[C@@]1(C)CO. The summed E-state index contributed by atoms with van der Waals surface area (Å²) in [4.78, 5) is 0. The van der Waals surface area contributed by atoms with E-state index in [2.05, 4.69) is 27.4 Å². The molecule has 64 valence electrons. The minimum atomic E-state index is 0.153. The molecule has 1 fully saturated rings. The van der Waals surface area contributed by atoms with Gasteiger partial charge in [0.2, 0.25) is 0 Å². The lowest BCUT2D eigenvalue weighted by Gasteiger charge is -2.21. The molecule has 1 saturated carbocycles. The Morgan fingerprint density at radius 1 is 1.64 bits per heavy atom. The fourth-order valence-corrected chi connectivity index (χ4v) is 1.97. The summed E-state index contributed by atoms with van der Waals surface area (Å²) in [5.41, 5.74) is 0.449. The zero-order chi connectivity index (χ0) is 8.70. The molecule has 1 rings (SSSR count). The zero-order valence-electron chi connectivity index (χ0n) is 7.72. The van der Waals surface area contributed by atoms with Gasteiger partial charge in [0.05, 0.1) is 0 Å². The molecule has 0 spiro atoms. The van der Waals surface area contributed by atoms with Crippen LogP contribution in [0.2, 0.25) is 0 Å². The molecule has 0 aliphatic heterocycles. The molecule has 0 amide bonds. The fourth-order valence-electron chi connectivity index (χ4n) is 1.97. The number of aliphatic hydroxyl groups excluding tert-OH is 1. The third kappa shape index (κ3) is 1.02. The van der Waals surface area contributed by atoms with Crippen molar-refractivity contribution >= 4 is 0 Å². The third-order valence-corrected chi connectivity index (χ3v) is 3.72. The first-order chi connectivity index (χ1) is 5.00. The Bertz CT molecular complexity index is 176. The molecule has 1 unspecified atom stereocenters. The van der Waals surface area contributed by atoms with Crippen molar-refractivity contribution in [3.63, 3.8) is 0 Å². The molecule has 0 bridgehead atoms. The second kappa shape index (κ2) is 2.34. The monoisotopic (exact) mass is 154 g/mol. The van der Waals surface area contributed by atoms with E-state index in [1.165, 1.54) is 0 Å². The smallest absolute Gasteiger partial charge is 0.0490 e. The van der Waals surface area contributed by atoms with Crippen molar-refractivity contribution in [2.45, 2.75) is 27.2 Å². The predicted octanol–water partition coefficient (Wildman–Crippen LogP) is 2.22. The van der Waals surface area contributed by atoms with E-state index in [0.29, 0.717) is 17.9 Å². The van der Waals surface area contributed by atoms with Crippen LogP contribution in [0, 0.1) is 16.7 Å². The van der Waals surface area contributed by atoms with Crippen molar-refractivity contribution < 1.29 is 5.11 Å². The van der Waals surface area contributed by atoms with Gasteiger partial charge in [-0.15, -0.1) is 6.58 Å². The minimum Gasteiger partial charge on any atom is -0.396 e. The van der Waals surface area contributed by atoms with E-state index in [0.717, 1.165) is 6.42 Å². The molecule has 0 radical (unpaired) electrons. The second-order valence-electron chi connectivity index (χ2n) is 4.34. The normalized spacial score (nSPS) is 45.1. The Labute approximate surface area is 69.1 Å². The van der Waals surface area contributed by atoms with E-state index in [1.807, 2.05) is 6.08 Å². The molecule has 1 N–H and O–H groups in total. The first-order valence-electron chi connectivity index (χ1n) is 4.23. The van der Waals surface area contributed by atoms with Gasteiger partial charge in [-0.1, -0.05) is 26.8 Å². The van der Waals surface area contributed by atoms with Crippen LogP contribution >= 0.6 is 0 Å². The number of hydrogen-bond acceptors (Lipinski definition) is 1. The summed E-state index contributed by atoms with van der Waals surface area (Å²) in [6.07, 6.45) is 3.12. The van der Waals surface area contributed by atoms with Gasteiger partial charge in [0.15, 0.2) is 0 Å². The molecule has 1 aliphatic carbocycles. The lowest BCUT2D eigenvalue weighted by Crippen LogP contribution is -2.17. The molecule has 0 aromatic carbocycles. The molecule has 0 aromatic rings. The van der Waals surface area contributed by atoms with E-state index < -0.39 is 0 Å². The van der Waals surface area contributed by atoms with Crippen molar-refractivity contribution in [1.82, 2.24) is 0 Å². The standard InChI is InChI=1S/C10H18O/c1-5-8(2)10(4)6-9(10,3)7-11/h5,8,11H,1,6-7H2,2-4H3/t8?,9-,10+/m0/s1. The van der Waals surface area contributed by atoms with Crippen LogP contribution < -0.4 is 0 Å². The maximum absolute atomic E-state index is 9.11. The van der Waals surface area contributed by atoms with E-state index in [4.69, 9.17) is 5.11 Å². The summed E-state index contributed by atoms with van der Waals surface area (Å²) < 4.78 is 0. The highest BCUT2D eigenvalue weighted by atomic mass is 16.3. The molecular formula is C10H18O. The van der Waals surface area contributed by atoms with Crippen molar-refractivity contribution in [3.05, 3.63) is 12.7 Å². The van der Waals surface area contributed by atoms with Crippen LogP contribution in [0.25, 0.3) is 0 Å². The van der Waals surface area contributed by atoms with Crippen LogP contribution in [0.3, 0.4) is 0 Å². The molecule has 0 aromatic heterocycles. The van der Waals surface area contributed by atoms with Crippen molar-refractivity contribution in [2.75, 3.05) is 6.61 Å². The lowest BCUT2D eigenvalue weighted by atomic mass is 9.85. The molecule has 0 saturated heterocycles. The van der Waals surface area contributed by atoms with Gasteiger partial charge in [0, 0.05) is 6.61 Å². The average Bonchev–Trinajstić information content (AvgIpc) is 2.56. The van der Waals surface area contributed by atoms with Crippen LogP contribution in [-0.2, 0) is 0 Å². The maximum Gasteiger partial charge on any atom is 0.0490 e. The van der Waals surface area contributed by atoms with Gasteiger partial charge in [-0.05, 0) is 23.2 Å². The largest absolute Gasteiger partial charge is 0.396 e. The van der Waals surface area contributed by atoms with Gasteiger partial charge >= 0.3 is 0 Å². The molecule has 0 heterocycles. The summed E-state index contributed by atoms with van der Waals surface area (Å²) in [5, 5.41) is 9.11. The number of hydrogen-bond donors (Lipinski definition) is 1. The van der Waals surface area contributed by atoms with E-state index >= 15 is 0 Å². The molecule has 11 heavy (non-hydrogen) atoms. The van der Waals surface area contributed by atoms with Gasteiger partial charge in [0.1, 0.15) is 0 Å². The second-order valence-corrected chi connectivity index (χ2v) is 4.34. The summed E-state index contributed by atoms with van der Waals surface area (Å²) in [5.74, 6) is 0.514. The van der Waals surface area contributed by atoms with Gasteiger partial charge in [0.25, 0.3) is 0 Å². The van der Waals surface area contributed by atoms with E-state index in [9.17, 15) is 0 Å². The Balaban J connectivity index is 2.68. The first-order valence-corrected chi connectivity index (χ1v) is 4.23. The topological polar surface area (TPSA) is 20.2 Å². The Kier molecular flexibility index (Phi) is 1.87. The maximum atomic E-state index is 9.11. The Morgan fingerprint density at radius 2 is 2.18 bits per heavy atom. The summed E-state index contributed by atoms with van der Waals surface area (Å²) in [6.45, 7) is 10.6. The average molecular weight is 154 g/mol. The van der Waals surface area contributed by atoms with Crippen LogP contribution in [0.4, 0.5) is 0 Å². The molecule has 1 nitrogen and oxygen atoms in total. The van der Waals surface area contributed by atoms with Crippen molar-refractivity contribution in [3.8, 4) is 0 Å². The van der Waals surface area contributed by atoms with Gasteiger partial charge in [-0.2, -0.15) is 0 Å². The summed E-state index contributed by atoms with van der Waals surface area (Å²) in [6, 6.07) is 0. The number of aliphatic hydroxyl groups is 1. The molecule has 1 heteroatoms. The summed E-state index contributed by atoms with van der Waals surface area (Å²) in [7, 11) is 0. The van der Waals surface area contributed by atoms with Crippen molar-refractivity contribution in [1.29, 1.82) is 0 Å². The van der Waals surface area contributed by atoms with E-state index in [1.54, 1.807) is 0 Å². The minimum absolute atomic E-state index is 0.153. The highest BCUT2D eigenvalue weighted by Gasteiger charge is 2.62. The van der Waals surface area contributed by atoms with Crippen LogP contribution in [0.1, 0.15) is 27.2 Å².